The summed E-state index contributed by atoms with van der Waals surface area (Å²) in [7, 11) is 0. The van der Waals surface area contributed by atoms with Gasteiger partial charge in [-0.3, -0.25) is 0 Å². The van der Waals surface area contributed by atoms with Crippen LogP contribution < -0.4 is 5.32 Å². The van der Waals surface area contributed by atoms with Gasteiger partial charge in [-0.05, 0) is 25.9 Å². The van der Waals surface area contributed by atoms with Crippen LogP contribution in [-0.2, 0) is 0 Å². The van der Waals surface area contributed by atoms with Gasteiger partial charge in [0.25, 0.3) is 0 Å². The lowest BCUT2D eigenvalue weighted by molar-refractivity contribution is 0.248. The molecule has 1 aliphatic heterocycles. The predicted octanol–water partition coefficient (Wildman–Crippen LogP) is 2.03. The highest BCUT2D eigenvalue weighted by Gasteiger charge is 2.06. The minimum Gasteiger partial charge on any atom is -0.312 e. The Balaban J connectivity index is 2.04. The average Bonchev–Trinajstić information content (AvgIpc) is 2.15. The molecule has 0 aromatic heterocycles. The molecule has 2 nitrogen and oxygen atoms in total. The summed E-state index contributed by atoms with van der Waals surface area (Å²) in [6, 6.07) is 0. The number of rotatable bonds is 5. The Morgan fingerprint density at radius 1 is 1.07 bits per heavy atom. The Bertz CT molecular complexity index is 137. The van der Waals surface area contributed by atoms with Crippen molar-refractivity contribution in [1.82, 2.24) is 10.2 Å². The fraction of sp³-hybridized carbons (Fsp3) is 0.833. The van der Waals surface area contributed by atoms with E-state index in [1.54, 1.807) is 0 Å². The maximum atomic E-state index is 3.70. The highest BCUT2D eigenvalue weighted by molar-refractivity contribution is 4.70. The van der Waals surface area contributed by atoms with Gasteiger partial charge in [0.15, 0.2) is 0 Å². The van der Waals surface area contributed by atoms with Gasteiger partial charge in [-0.1, -0.05) is 25.3 Å². The Hall–Kier alpha value is -0.340. The Kier molecular flexibility index (Phi) is 6.71. The van der Waals surface area contributed by atoms with Crippen LogP contribution in [0.4, 0.5) is 0 Å². The summed E-state index contributed by atoms with van der Waals surface area (Å²) in [6.07, 6.45) is 9.01. The van der Waals surface area contributed by atoms with Crippen LogP contribution in [0.3, 0.4) is 0 Å². The van der Waals surface area contributed by atoms with Gasteiger partial charge in [0.1, 0.15) is 0 Å². The van der Waals surface area contributed by atoms with Crippen LogP contribution in [0.1, 0.15) is 32.1 Å². The Labute approximate surface area is 88.4 Å². The van der Waals surface area contributed by atoms with E-state index in [0.29, 0.717) is 0 Å². The molecule has 82 valence electrons. The molecule has 1 saturated heterocycles. The lowest BCUT2D eigenvalue weighted by atomic mass is 10.1. The van der Waals surface area contributed by atoms with Crippen molar-refractivity contribution in [1.29, 1.82) is 0 Å². The van der Waals surface area contributed by atoms with Crippen molar-refractivity contribution in [2.24, 2.45) is 0 Å². The zero-order valence-corrected chi connectivity index (χ0v) is 9.30. The van der Waals surface area contributed by atoms with E-state index in [-0.39, 0.29) is 0 Å². The molecule has 14 heavy (non-hydrogen) atoms. The van der Waals surface area contributed by atoms with E-state index in [4.69, 9.17) is 0 Å². The fourth-order valence-electron chi connectivity index (χ4n) is 1.98. The SMILES string of the molecule is C=CCNCCN1CCCCCCC1. The van der Waals surface area contributed by atoms with Crippen LogP contribution in [0.25, 0.3) is 0 Å². The molecule has 1 heterocycles. The third kappa shape index (κ3) is 5.40. The van der Waals surface area contributed by atoms with Gasteiger partial charge < -0.3 is 10.2 Å². The van der Waals surface area contributed by atoms with Crippen molar-refractivity contribution in [2.75, 3.05) is 32.7 Å². The molecule has 0 atom stereocenters. The second kappa shape index (κ2) is 8.01. The third-order valence-electron chi connectivity index (χ3n) is 2.84. The van der Waals surface area contributed by atoms with Crippen molar-refractivity contribution in [3.05, 3.63) is 12.7 Å². The second-order valence-electron chi connectivity index (χ2n) is 4.10. The Morgan fingerprint density at radius 3 is 2.36 bits per heavy atom. The normalized spacial score (nSPS) is 20.0. The van der Waals surface area contributed by atoms with E-state index in [9.17, 15) is 0 Å². The van der Waals surface area contributed by atoms with Crippen LogP contribution in [0, 0.1) is 0 Å². The summed E-state index contributed by atoms with van der Waals surface area (Å²) in [5.74, 6) is 0. The molecule has 1 fully saturated rings. The van der Waals surface area contributed by atoms with E-state index >= 15 is 0 Å². The number of hydrogen-bond acceptors (Lipinski definition) is 2. The first-order valence-electron chi connectivity index (χ1n) is 5.97. The van der Waals surface area contributed by atoms with Gasteiger partial charge in [-0.15, -0.1) is 6.58 Å². The molecule has 1 aliphatic rings. The summed E-state index contributed by atoms with van der Waals surface area (Å²) in [6.45, 7) is 9.54. The van der Waals surface area contributed by atoms with Crippen LogP contribution >= 0.6 is 0 Å². The molecule has 0 amide bonds. The molecule has 0 unspecified atom stereocenters. The molecule has 0 aromatic rings. The fourth-order valence-corrected chi connectivity index (χ4v) is 1.98. The monoisotopic (exact) mass is 196 g/mol. The van der Waals surface area contributed by atoms with E-state index in [0.717, 1.165) is 13.1 Å². The first kappa shape index (κ1) is 11.7. The molecule has 1 N–H and O–H groups in total. The van der Waals surface area contributed by atoms with Gasteiger partial charge in [-0.25, -0.2) is 0 Å². The predicted molar refractivity (Wildman–Crippen MR) is 62.6 cm³/mol. The Morgan fingerprint density at radius 2 is 1.71 bits per heavy atom. The zero-order valence-electron chi connectivity index (χ0n) is 9.30. The number of nitrogens with one attached hydrogen (secondary N) is 1. The maximum absolute atomic E-state index is 3.70. The average molecular weight is 196 g/mol. The summed E-state index contributed by atoms with van der Waals surface area (Å²) in [5.41, 5.74) is 0. The highest BCUT2D eigenvalue weighted by atomic mass is 15.1. The van der Waals surface area contributed by atoms with Gasteiger partial charge in [0.05, 0.1) is 0 Å². The first-order chi connectivity index (χ1) is 6.93. The second-order valence-corrected chi connectivity index (χ2v) is 4.10. The molecular weight excluding hydrogens is 172 g/mol. The molecule has 0 spiro atoms. The number of likely N-dealkylation sites (tertiary alicyclic amines) is 1. The van der Waals surface area contributed by atoms with Crippen molar-refractivity contribution >= 4 is 0 Å². The summed E-state index contributed by atoms with van der Waals surface area (Å²) in [5, 5.41) is 3.36. The van der Waals surface area contributed by atoms with E-state index in [1.807, 2.05) is 6.08 Å². The number of hydrogen-bond donors (Lipinski definition) is 1. The van der Waals surface area contributed by atoms with E-state index in [1.165, 1.54) is 51.7 Å². The van der Waals surface area contributed by atoms with Crippen molar-refractivity contribution < 1.29 is 0 Å². The van der Waals surface area contributed by atoms with E-state index in [2.05, 4.69) is 16.8 Å². The molecule has 0 bridgehead atoms. The smallest absolute Gasteiger partial charge is 0.0132 e. The van der Waals surface area contributed by atoms with Crippen LogP contribution in [0.5, 0.6) is 0 Å². The topological polar surface area (TPSA) is 15.3 Å². The molecule has 0 saturated carbocycles. The lowest BCUT2D eigenvalue weighted by Crippen LogP contribution is -2.34. The van der Waals surface area contributed by atoms with Crippen molar-refractivity contribution in [3.8, 4) is 0 Å². The van der Waals surface area contributed by atoms with Crippen molar-refractivity contribution in [3.63, 3.8) is 0 Å². The molecular formula is C12H24N2. The van der Waals surface area contributed by atoms with Crippen LogP contribution in [-0.4, -0.2) is 37.6 Å². The molecule has 2 heteroatoms. The molecule has 0 aromatic carbocycles. The molecule has 0 radical (unpaired) electrons. The third-order valence-corrected chi connectivity index (χ3v) is 2.84. The number of nitrogens with zero attached hydrogens (tertiary/aromatic N) is 1. The minimum absolute atomic E-state index is 0.938. The largest absolute Gasteiger partial charge is 0.312 e. The van der Waals surface area contributed by atoms with Gasteiger partial charge in [-0.2, -0.15) is 0 Å². The summed E-state index contributed by atoms with van der Waals surface area (Å²) < 4.78 is 0. The van der Waals surface area contributed by atoms with Crippen molar-refractivity contribution in [2.45, 2.75) is 32.1 Å². The van der Waals surface area contributed by atoms with Crippen LogP contribution in [0.2, 0.25) is 0 Å². The maximum Gasteiger partial charge on any atom is 0.0132 e. The minimum atomic E-state index is 0.938. The standard InChI is InChI=1S/C12H24N2/c1-2-8-13-9-12-14-10-6-4-3-5-7-11-14/h2,13H,1,3-12H2. The molecule has 0 aliphatic carbocycles. The summed E-state index contributed by atoms with van der Waals surface area (Å²) >= 11 is 0. The highest BCUT2D eigenvalue weighted by Crippen LogP contribution is 2.09. The van der Waals surface area contributed by atoms with Gasteiger partial charge in [0.2, 0.25) is 0 Å². The quantitative estimate of drug-likeness (QED) is 0.534. The van der Waals surface area contributed by atoms with Gasteiger partial charge >= 0.3 is 0 Å². The van der Waals surface area contributed by atoms with Crippen LogP contribution in [0.15, 0.2) is 12.7 Å². The zero-order chi connectivity index (χ0) is 10.1. The molecule has 1 rings (SSSR count). The first-order valence-corrected chi connectivity index (χ1v) is 5.97. The lowest BCUT2D eigenvalue weighted by Gasteiger charge is -2.24. The summed E-state index contributed by atoms with van der Waals surface area (Å²) in [4.78, 5) is 2.59. The van der Waals surface area contributed by atoms with E-state index < -0.39 is 0 Å². The van der Waals surface area contributed by atoms with Gasteiger partial charge in [0, 0.05) is 19.6 Å².